The third-order valence-corrected chi connectivity index (χ3v) is 5.17. The second-order valence-electron chi connectivity index (χ2n) is 6.26. The monoisotopic (exact) mass is 490 g/mol. The van der Waals surface area contributed by atoms with E-state index in [0.29, 0.717) is 6.07 Å². The number of hydrogen-bond acceptors (Lipinski definition) is 7. The summed E-state index contributed by atoms with van der Waals surface area (Å²) in [6, 6.07) is 4.40. The fourth-order valence-corrected chi connectivity index (χ4v) is 3.11. The Morgan fingerprint density at radius 1 is 1.12 bits per heavy atom. The van der Waals surface area contributed by atoms with Crippen LogP contribution in [0.25, 0.3) is 0 Å². The van der Waals surface area contributed by atoms with E-state index in [4.69, 9.17) is 16.3 Å². The highest BCUT2D eigenvalue weighted by Gasteiger charge is 2.35. The average Bonchev–Trinajstić information content (AvgIpc) is 2.69. The molecule has 0 fully saturated rings. The number of amides is 1. The minimum absolute atomic E-state index is 0.117. The van der Waals surface area contributed by atoms with Gasteiger partial charge in [-0.1, -0.05) is 11.6 Å². The van der Waals surface area contributed by atoms with Crippen LogP contribution in [0.1, 0.15) is 16.1 Å². The van der Waals surface area contributed by atoms with E-state index in [1.165, 1.54) is 0 Å². The van der Waals surface area contributed by atoms with Gasteiger partial charge in [-0.3, -0.25) is 9.78 Å². The van der Waals surface area contributed by atoms with Crippen LogP contribution in [-0.4, -0.2) is 35.8 Å². The maximum absolute atomic E-state index is 13.2. The normalized spacial score (nSPS) is 11.8. The van der Waals surface area contributed by atoms with E-state index >= 15 is 0 Å². The van der Waals surface area contributed by atoms with Crippen molar-refractivity contribution < 1.29 is 35.5 Å². The molecule has 0 radical (unpaired) electrons. The van der Waals surface area contributed by atoms with Crippen LogP contribution in [0.3, 0.4) is 0 Å². The molecule has 1 aromatic carbocycles. The lowest BCUT2D eigenvalue weighted by Crippen LogP contribution is -2.18. The summed E-state index contributed by atoms with van der Waals surface area (Å²) in [5.41, 5.74) is -2.30. The maximum Gasteiger partial charge on any atom is 0.435 e. The molecular weight excluding hydrogens is 480 g/mol. The molecule has 14 heteroatoms. The van der Waals surface area contributed by atoms with E-state index in [2.05, 4.69) is 20.5 Å². The van der Waals surface area contributed by atoms with Crippen molar-refractivity contribution in [1.29, 1.82) is 0 Å². The number of nitrogens with one attached hydrogen (secondary N) is 1. The lowest BCUT2D eigenvalue weighted by molar-refractivity contribution is -0.141. The summed E-state index contributed by atoms with van der Waals surface area (Å²) >= 11 is 5.85. The Morgan fingerprint density at radius 3 is 2.47 bits per heavy atom. The van der Waals surface area contributed by atoms with Crippen LogP contribution in [0.15, 0.2) is 47.6 Å². The van der Waals surface area contributed by atoms with Gasteiger partial charge >= 0.3 is 6.18 Å². The van der Waals surface area contributed by atoms with Gasteiger partial charge in [-0.2, -0.15) is 13.2 Å². The molecule has 0 aliphatic rings. The summed E-state index contributed by atoms with van der Waals surface area (Å²) in [7, 11) is -3.66. The molecule has 0 aliphatic heterocycles. The fourth-order valence-electron chi connectivity index (χ4n) is 2.31. The molecule has 2 heterocycles. The van der Waals surface area contributed by atoms with Gasteiger partial charge in [0.05, 0.1) is 21.8 Å². The highest BCUT2D eigenvalue weighted by atomic mass is 35.5. The van der Waals surface area contributed by atoms with Crippen molar-refractivity contribution in [3.63, 3.8) is 0 Å². The maximum atomic E-state index is 13.2. The molecule has 0 saturated heterocycles. The van der Waals surface area contributed by atoms with Crippen molar-refractivity contribution in [2.24, 2.45) is 0 Å². The van der Waals surface area contributed by atoms with Gasteiger partial charge in [0.15, 0.2) is 15.5 Å². The van der Waals surface area contributed by atoms with Crippen LogP contribution in [0.4, 0.5) is 23.2 Å². The molecule has 1 N–H and O–H groups in total. The summed E-state index contributed by atoms with van der Waals surface area (Å²) < 4.78 is 81.1. The first-order valence-electron chi connectivity index (χ1n) is 8.39. The Labute approximate surface area is 183 Å². The van der Waals surface area contributed by atoms with Crippen LogP contribution in [0, 0.1) is 5.82 Å². The van der Waals surface area contributed by atoms with Gasteiger partial charge in [0.25, 0.3) is 11.8 Å². The van der Waals surface area contributed by atoms with Gasteiger partial charge in [-0.05, 0) is 30.3 Å². The number of ether oxygens (including phenoxy) is 1. The molecular formula is C18H11ClF4N4O4S. The first-order valence-corrected chi connectivity index (χ1v) is 10.7. The van der Waals surface area contributed by atoms with Crippen LogP contribution in [0.5, 0.6) is 11.6 Å². The van der Waals surface area contributed by atoms with Crippen LogP contribution in [-0.2, 0) is 16.0 Å². The minimum atomic E-state index is -4.92. The van der Waals surface area contributed by atoms with E-state index in [1.807, 2.05) is 0 Å². The Morgan fingerprint density at radius 2 is 1.84 bits per heavy atom. The van der Waals surface area contributed by atoms with Crippen molar-refractivity contribution in [3.05, 3.63) is 64.8 Å². The number of rotatable bonds is 5. The SMILES string of the molecule is CS(=O)(=O)c1cncc(NC(=O)c2cc(C(F)(F)F)nnc2Oc2ccc(F)cc2Cl)c1. The Kier molecular flexibility index (Phi) is 6.32. The predicted molar refractivity (Wildman–Crippen MR) is 104 cm³/mol. The smallest absolute Gasteiger partial charge is 0.435 e. The third-order valence-electron chi connectivity index (χ3n) is 3.79. The van der Waals surface area contributed by atoms with Gasteiger partial charge < -0.3 is 10.1 Å². The van der Waals surface area contributed by atoms with Gasteiger partial charge in [0, 0.05) is 12.5 Å². The van der Waals surface area contributed by atoms with Crippen LogP contribution >= 0.6 is 11.6 Å². The molecule has 168 valence electrons. The van der Waals surface area contributed by atoms with E-state index in [1.54, 1.807) is 0 Å². The fraction of sp³-hybridized carbons (Fsp3) is 0.111. The first kappa shape index (κ1) is 23.3. The molecule has 0 unspecified atom stereocenters. The number of carbonyl (C=O) groups excluding carboxylic acids is 1. The van der Waals surface area contributed by atoms with E-state index < -0.39 is 44.9 Å². The lowest BCUT2D eigenvalue weighted by Gasteiger charge is -2.13. The molecule has 8 nitrogen and oxygen atoms in total. The van der Waals surface area contributed by atoms with Crippen molar-refractivity contribution in [3.8, 4) is 11.6 Å². The lowest BCUT2D eigenvalue weighted by atomic mass is 10.2. The van der Waals surface area contributed by atoms with Gasteiger partial charge in [-0.15, -0.1) is 10.2 Å². The average molecular weight is 491 g/mol. The molecule has 0 spiro atoms. The van der Waals surface area contributed by atoms with Crippen LogP contribution < -0.4 is 10.1 Å². The number of benzene rings is 1. The van der Waals surface area contributed by atoms with E-state index in [0.717, 1.165) is 42.9 Å². The zero-order chi connectivity index (χ0) is 23.7. The number of alkyl halides is 3. The Hall–Kier alpha value is -3.32. The first-order chi connectivity index (χ1) is 14.8. The largest absolute Gasteiger partial charge is 0.435 e. The zero-order valence-electron chi connectivity index (χ0n) is 15.8. The van der Waals surface area contributed by atoms with E-state index in [-0.39, 0.29) is 21.4 Å². The topological polar surface area (TPSA) is 111 Å². The number of aromatic nitrogens is 3. The number of anilines is 1. The molecule has 3 aromatic rings. The summed E-state index contributed by atoms with van der Waals surface area (Å²) in [6.45, 7) is 0. The molecule has 0 atom stereocenters. The number of hydrogen-bond donors (Lipinski definition) is 1. The van der Waals surface area contributed by atoms with Crippen LogP contribution in [0.2, 0.25) is 5.02 Å². The number of nitrogens with zero attached hydrogens (tertiary/aromatic N) is 3. The summed E-state index contributed by atoms with van der Waals surface area (Å²) in [6.07, 6.45) is -1.89. The van der Waals surface area contributed by atoms with Gasteiger partial charge in [0.2, 0.25) is 0 Å². The highest BCUT2D eigenvalue weighted by molar-refractivity contribution is 7.90. The van der Waals surface area contributed by atoms with Crippen molar-refractivity contribution in [2.45, 2.75) is 11.1 Å². The minimum Gasteiger partial charge on any atom is -0.435 e. The molecule has 32 heavy (non-hydrogen) atoms. The number of sulfone groups is 1. The molecule has 2 aromatic heterocycles. The summed E-state index contributed by atoms with van der Waals surface area (Å²) in [4.78, 5) is 16.2. The van der Waals surface area contributed by atoms with Crippen molar-refractivity contribution >= 4 is 33.0 Å². The Bertz CT molecular complexity index is 1300. The zero-order valence-corrected chi connectivity index (χ0v) is 17.4. The molecule has 1 amide bonds. The number of pyridine rings is 1. The molecule has 0 aliphatic carbocycles. The number of halogens is 5. The molecule has 0 saturated carbocycles. The summed E-state index contributed by atoms with van der Waals surface area (Å²) in [5, 5.41) is 8.30. The molecule has 0 bridgehead atoms. The summed E-state index contributed by atoms with van der Waals surface area (Å²) in [5.74, 6) is -2.68. The second-order valence-corrected chi connectivity index (χ2v) is 8.68. The predicted octanol–water partition coefficient (Wildman–Crippen LogP) is 4.13. The molecule has 3 rings (SSSR count). The second kappa shape index (κ2) is 8.67. The quantitative estimate of drug-likeness (QED) is 0.535. The highest BCUT2D eigenvalue weighted by Crippen LogP contribution is 2.33. The Balaban J connectivity index is 2.01. The standard InChI is InChI=1S/C18H11ClF4N4O4S/c1-32(29,30)11-5-10(7-24-8-11)25-16(28)12-6-15(18(21,22)23)26-27-17(12)31-14-3-2-9(20)4-13(14)19/h2-8H,1H3,(H,25,28). The van der Waals surface area contributed by atoms with Crippen molar-refractivity contribution in [2.75, 3.05) is 11.6 Å². The van der Waals surface area contributed by atoms with E-state index in [9.17, 15) is 30.8 Å². The third kappa shape index (κ3) is 5.48. The van der Waals surface area contributed by atoms with Crippen molar-refractivity contribution in [1.82, 2.24) is 15.2 Å². The van der Waals surface area contributed by atoms with Gasteiger partial charge in [0.1, 0.15) is 17.1 Å². The number of carbonyl (C=O) groups is 1. The van der Waals surface area contributed by atoms with Gasteiger partial charge in [-0.25, -0.2) is 12.8 Å².